The molecule has 1 amide bonds. The second-order valence-electron chi connectivity index (χ2n) is 6.97. The standard InChI is InChI=1S/C21H28FN5O3/c1-3-25(9-10-26(29-2)14-16-5-4-8-24-13-16)20-7-6-17(11-19(20)22)27-15-18(12-23)30-21(27)28/h4-8,11,13,18H,3,9-10,12,14-15,23H2,1-2H3/t18-/m0/s1. The molecule has 0 bridgehead atoms. The number of amides is 1. The molecule has 1 aromatic carbocycles. The van der Waals surface area contributed by atoms with Crippen LogP contribution in [0, 0.1) is 5.82 Å². The number of hydrogen-bond acceptors (Lipinski definition) is 7. The molecule has 0 unspecified atom stereocenters. The molecule has 1 atom stereocenters. The van der Waals surface area contributed by atoms with Gasteiger partial charge in [0.25, 0.3) is 0 Å². The fraction of sp³-hybridized carbons (Fsp3) is 0.429. The lowest BCUT2D eigenvalue weighted by Crippen LogP contribution is -2.35. The van der Waals surface area contributed by atoms with E-state index in [1.165, 1.54) is 11.0 Å². The van der Waals surface area contributed by atoms with Crippen molar-refractivity contribution in [3.8, 4) is 0 Å². The highest BCUT2D eigenvalue weighted by Crippen LogP contribution is 2.27. The van der Waals surface area contributed by atoms with Gasteiger partial charge in [0, 0.05) is 38.6 Å². The molecular formula is C21H28FN5O3. The number of rotatable bonds is 10. The third-order valence-electron chi connectivity index (χ3n) is 5.06. The average Bonchev–Trinajstić information content (AvgIpc) is 3.15. The molecule has 30 heavy (non-hydrogen) atoms. The van der Waals surface area contributed by atoms with Crippen molar-refractivity contribution >= 4 is 17.5 Å². The van der Waals surface area contributed by atoms with Crippen molar-refractivity contribution in [2.45, 2.75) is 19.6 Å². The van der Waals surface area contributed by atoms with Crippen LogP contribution in [0.15, 0.2) is 42.7 Å². The normalized spacial score (nSPS) is 16.2. The highest BCUT2D eigenvalue weighted by atomic mass is 19.1. The molecule has 8 nitrogen and oxygen atoms in total. The van der Waals surface area contributed by atoms with Crippen LogP contribution in [0.3, 0.4) is 0 Å². The first-order valence-electron chi connectivity index (χ1n) is 9.96. The van der Waals surface area contributed by atoms with Crippen LogP contribution in [0.5, 0.6) is 0 Å². The summed E-state index contributed by atoms with van der Waals surface area (Å²) in [6.45, 7) is 4.89. The van der Waals surface area contributed by atoms with Gasteiger partial charge in [0.15, 0.2) is 0 Å². The van der Waals surface area contributed by atoms with Gasteiger partial charge in [-0.05, 0) is 36.8 Å². The first kappa shape index (κ1) is 21.9. The third kappa shape index (κ3) is 5.24. The van der Waals surface area contributed by atoms with Gasteiger partial charge in [0.2, 0.25) is 0 Å². The van der Waals surface area contributed by atoms with E-state index < -0.39 is 11.9 Å². The maximum Gasteiger partial charge on any atom is 0.414 e. The number of carbonyl (C=O) groups is 1. The van der Waals surface area contributed by atoms with Gasteiger partial charge in [-0.2, -0.15) is 5.06 Å². The number of benzene rings is 1. The number of pyridine rings is 1. The lowest BCUT2D eigenvalue weighted by atomic mass is 10.2. The molecule has 2 N–H and O–H groups in total. The van der Waals surface area contributed by atoms with Crippen LogP contribution in [0.4, 0.5) is 20.6 Å². The number of hydroxylamine groups is 2. The zero-order chi connectivity index (χ0) is 21.5. The van der Waals surface area contributed by atoms with E-state index in [1.807, 2.05) is 24.0 Å². The van der Waals surface area contributed by atoms with Gasteiger partial charge in [-0.25, -0.2) is 9.18 Å². The predicted octanol–water partition coefficient (Wildman–Crippen LogP) is 2.39. The second kappa shape index (κ2) is 10.3. The molecule has 0 saturated carbocycles. The Balaban J connectivity index is 1.65. The Kier molecular flexibility index (Phi) is 7.56. The van der Waals surface area contributed by atoms with Crippen LogP contribution in [-0.4, -0.2) is 62.1 Å². The van der Waals surface area contributed by atoms with Crippen molar-refractivity contribution in [2.24, 2.45) is 5.73 Å². The minimum atomic E-state index is -0.504. The average molecular weight is 417 g/mol. The molecule has 0 spiro atoms. The molecule has 1 aliphatic rings. The number of ether oxygens (including phenoxy) is 1. The van der Waals surface area contributed by atoms with Crippen molar-refractivity contribution in [1.29, 1.82) is 0 Å². The SMILES string of the molecule is CCN(CCN(Cc1cccnc1)OC)c1ccc(N2C[C@H](CN)OC2=O)cc1F. The summed E-state index contributed by atoms with van der Waals surface area (Å²) in [5.41, 5.74) is 7.53. The van der Waals surface area contributed by atoms with Crippen LogP contribution in [0.25, 0.3) is 0 Å². The molecular weight excluding hydrogens is 389 g/mol. The number of nitrogens with zero attached hydrogens (tertiary/aromatic N) is 4. The van der Waals surface area contributed by atoms with E-state index in [-0.39, 0.29) is 12.6 Å². The van der Waals surface area contributed by atoms with Crippen LogP contribution in [0.2, 0.25) is 0 Å². The van der Waals surface area contributed by atoms with Gasteiger partial charge in [-0.15, -0.1) is 0 Å². The summed E-state index contributed by atoms with van der Waals surface area (Å²) in [7, 11) is 1.62. The van der Waals surface area contributed by atoms with Gasteiger partial charge in [-0.3, -0.25) is 9.88 Å². The second-order valence-corrected chi connectivity index (χ2v) is 6.97. The Morgan fingerprint density at radius 1 is 1.37 bits per heavy atom. The lowest BCUT2D eigenvalue weighted by molar-refractivity contribution is -0.136. The summed E-state index contributed by atoms with van der Waals surface area (Å²) in [4.78, 5) is 24.9. The fourth-order valence-corrected chi connectivity index (χ4v) is 3.39. The molecule has 3 rings (SSSR count). The zero-order valence-corrected chi connectivity index (χ0v) is 17.3. The molecule has 1 fully saturated rings. The lowest BCUT2D eigenvalue weighted by Gasteiger charge is -2.28. The Morgan fingerprint density at radius 3 is 2.80 bits per heavy atom. The smallest absolute Gasteiger partial charge is 0.414 e. The number of cyclic esters (lactones) is 1. The van der Waals surface area contributed by atoms with E-state index >= 15 is 0 Å². The highest BCUT2D eigenvalue weighted by molar-refractivity contribution is 5.90. The van der Waals surface area contributed by atoms with Crippen LogP contribution >= 0.6 is 0 Å². The summed E-state index contributed by atoms with van der Waals surface area (Å²) in [5.74, 6) is -0.394. The van der Waals surface area contributed by atoms with Crippen molar-refractivity contribution in [3.05, 3.63) is 54.1 Å². The van der Waals surface area contributed by atoms with Gasteiger partial charge < -0.3 is 20.2 Å². The van der Waals surface area contributed by atoms with E-state index in [4.69, 9.17) is 15.3 Å². The molecule has 162 valence electrons. The highest BCUT2D eigenvalue weighted by Gasteiger charge is 2.31. The van der Waals surface area contributed by atoms with Gasteiger partial charge >= 0.3 is 6.09 Å². The monoisotopic (exact) mass is 417 g/mol. The molecule has 0 aliphatic carbocycles. The number of anilines is 2. The molecule has 1 aromatic heterocycles. The van der Waals surface area contributed by atoms with Crippen molar-refractivity contribution in [1.82, 2.24) is 10.0 Å². The third-order valence-corrected chi connectivity index (χ3v) is 5.06. The van der Waals surface area contributed by atoms with Gasteiger partial charge in [0.05, 0.1) is 31.6 Å². The first-order valence-corrected chi connectivity index (χ1v) is 9.96. The summed E-state index contributed by atoms with van der Waals surface area (Å²) in [5, 5.41) is 1.80. The topological polar surface area (TPSA) is 84.2 Å². The number of aromatic nitrogens is 1. The predicted molar refractivity (Wildman–Crippen MR) is 113 cm³/mol. The van der Waals surface area contributed by atoms with Crippen molar-refractivity contribution < 1.29 is 18.8 Å². The van der Waals surface area contributed by atoms with E-state index in [1.54, 1.807) is 36.7 Å². The molecule has 9 heteroatoms. The summed E-state index contributed by atoms with van der Waals surface area (Å²) < 4.78 is 20.0. The van der Waals surface area contributed by atoms with Crippen LogP contribution in [0.1, 0.15) is 12.5 Å². The van der Waals surface area contributed by atoms with E-state index in [0.29, 0.717) is 44.1 Å². The molecule has 2 heterocycles. The Morgan fingerprint density at radius 2 is 2.20 bits per heavy atom. The van der Waals surface area contributed by atoms with E-state index in [9.17, 15) is 9.18 Å². The first-order chi connectivity index (χ1) is 14.5. The van der Waals surface area contributed by atoms with Gasteiger partial charge in [-0.1, -0.05) is 6.07 Å². The summed E-state index contributed by atoms with van der Waals surface area (Å²) >= 11 is 0. The Hall–Kier alpha value is -2.75. The van der Waals surface area contributed by atoms with Crippen molar-refractivity contribution in [2.75, 3.05) is 49.6 Å². The summed E-state index contributed by atoms with van der Waals surface area (Å²) in [6.07, 6.45) is 2.65. The minimum absolute atomic E-state index is 0.238. The van der Waals surface area contributed by atoms with Crippen LogP contribution in [-0.2, 0) is 16.1 Å². The Bertz CT molecular complexity index is 839. The molecule has 2 aromatic rings. The zero-order valence-electron chi connectivity index (χ0n) is 17.3. The molecule has 1 saturated heterocycles. The van der Waals surface area contributed by atoms with E-state index in [2.05, 4.69) is 4.98 Å². The number of carbonyl (C=O) groups excluding carboxylic acids is 1. The number of halogens is 1. The largest absolute Gasteiger partial charge is 0.443 e. The Labute approximate surface area is 175 Å². The quantitative estimate of drug-likeness (QED) is 0.594. The molecule has 0 radical (unpaired) electrons. The maximum atomic E-state index is 14.9. The summed E-state index contributed by atoms with van der Waals surface area (Å²) in [6, 6.07) is 8.64. The maximum absolute atomic E-state index is 14.9. The number of likely N-dealkylation sites (N-methyl/N-ethyl adjacent to an activating group) is 1. The number of hydrogen-bond donors (Lipinski definition) is 1. The number of nitrogens with two attached hydrogens (primary N) is 1. The van der Waals surface area contributed by atoms with Gasteiger partial charge in [0.1, 0.15) is 11.9 Å². The van der Waals surface area contributed by atoms with E-state index in [0.717, 1.165) is 5.56 Å². The minimum Gasteiger partial charge on any atom is -0.443 e. The van der Waals surface area contributed by atoms with Crippen LogP contribution < -0.4 is 15.5 Å². The van der Waals surface area contributed by atoms with Crippen molar-refractivity contribution in [3.63, 3.8) is 0 Å². The fourth-order valence-electron chi connectivity index (χ4n) is 3.39. The molecule has 1 aliphatic heterocycles.